The molecule has 2 aromatic rings. The van der Waals surface area contributed by atoms with Gasteiger partial charge in [-0.3, -0.25) is 9.69 Å². The quantitative estimate of drug-likeness (QED) is 0.813. The molecule has 0 aromatic heterocycles. The average Bonchev–Trinajstić information content (AvgIpc) is 2.72. The summed E-state index contributed by atoms with van der Waals surface area (Å²) >= 11 is 0. The number of carbonyl (C=O) groups is 1. The summed E-state index contributed by atoms with van der Waals surface area (Å²) in [7, 11) is 0. The van der Waals surface area contributed by atoms with Crippen LogP contribution in [0.2, 0.25) is 0 Å². The molecule has 1 heterocycles. The van der Waals surface area contributed by atoms with Crippen LogP contribution < -0.4 is 14.8 Å². The number of benzene rings is 2. The topological polar surface area (TPSA) is 50.8 Å². The van der Waals surface area contributed by atoms with Gasteiger partial charge in [0, 0.05) is 25.2 Å². The highest BCUT2D eigenvalue weighted by Crippen LogP contribution is 2.33. The fourth-order valence-corrected chi connectivity index (χ4v) is 3.86. The van der Waals surface area contributed by atoms with Crippen LogP contribution in [0.4, 0.5) is 0 Å². The number of ether oxygens (including phenoxy) is 2. The van der Waals surface area contributed by atoms with Crippen LogP contribution in [0.15, 0.2) is 36.4 Å². The van der Waals surface area contributed by atoms with E-state index in [4.69, 9.17) is 9.47 Å². The summed E-state index contributed by atoms with van der Waals surface area (Å²) in [6, 6.07) is 12.5. The van der Waals surface area contributed by atoms with Crippen LogP contribution in [0.25, 0.3) is 0 Å². The minimum Gasteiger partial charge on any atom is -0.490 e. The van der Waals surface area contributed by atoms with Crippen molar-refractivity contribution < 1.29 is 14.3 Å². The number of nitrogens with one attached hydrogen (secondary N) is 1. The summed E-state index contributed by atoms with van der Waals surface area (Å²) in [6.07, 6.45) is 2.95. The zero-order chi connectivity index (χ0) is 21.3. The molecule has 2 aromatic carbocycles. The van der Waals surface area contributed by atoms with Crippen LogP contribution in [0.1, 0.15) is 48.4 Å². The van der Waals surface area contributed by atoms with E-state index in [9.17, 15) is 4.79 Å². The SMILES string of the molecule is CCOc1cccc2c1OCCCCCNC(=O)CN(Cc1ccc(C)cc1C)C2. The number of hydrogen-bond acceptors (Lipinski definition) is 4. The largest absolute Gasteiger partial charge is 0.490 e. The maximum absolute atomic E-state index is 12.6. The van der Waals surface area contributed by atoms with Crippen molar-refractivity contribution in [2.45, 2.75) is 53.1 Å². The first-order valence-corrected chi connectivity index (χ1v) is 11.0. The molecule has 0 aliphatic carbocycles. The predicted molar refractivity (Wildman–Crippen MR) is 120 cm³/mol. The van der Waals surface area contributed by atoms with Gasteiger partial charge in [-0.05, 0) is 57.2 Å². The molecule has 0 saturated heterocycles. The molecule has 0 radical (unpaired) electrons. The Morgan fingerprint density at radius 1 is 1.10 bits per heavy atom. The summed E-state index contributed by atoms with van der Waals surface area (Å²) < 4.78 is 12.0. The van der Waals surface area contributed by atoms with Crippen LogP contribution in [0.5, 0.6) is 11.5 Å². The number of fused-ring (bicyclic) bond motifs is 1. The maximum atomic E-state index is 12.6. The molecule has 0 spiro atoms. The lowest BCUT2D eigenvalue weighted by atomic mass is 10.0. The van der Waals surface area contributed by atoms with Crippen LogP contribution in [-0.4, -0.2) is 37.1 Å². The highest BCUT2D eigenvalue weighted by atomic mass is 16.5. The standard InChI is InChI=1S/C25H34N2O3/c1-4-29-23-10-8-9-22-17-27(16-21-12-11-19(2)15-20(21)3)18-24(28)26-13-6-5-7-14-30-25(22)23/h8-12,15H,4-7,13-14,16-18H2,1-3H3,(H,26,28). The van der Waals surface area contributed by atoms with E-state index in [2.05, 4.69) is 48.3 Å². The van der Waals surface area contributed by atoms with Gasteiger partial charge in [0.05, 0.1) is 19.8 Å². The minimum absolute atomic E-state index is 0.0717. The summed E-state index contributed by atoms with van der Waals surface area (Å²) in [5, 5.41) is 3.07. The van der Waals surface area contributed by atoms with E-state index in [1.807, 2.05) is 19.1 Å². The average molecular weight is 411 g/mol. The number of amides is 1. The Kier molecular flexibility index (Phi) is 8.14. The second kappa shape index (κ2) is 11.0. The molecule has 162 valence electrons. The molecule has 5 heteroatoms. The molecule has 0 atom stereocenters. The highest BCUT2D eigenvalue weighted by Gasteiger charge is 2.18. The maximum Gasteiger partial charge on any atom is 0.234 e. The summed E-state index contributed by atoms with van der Waals surface area (Å²) in [5.41, 5.74) is 4.79. The van der Waals surface area contributed by atoms with Gasteiger partial charge in [-0.25, -0.2) is 0 Å². The van der Waals surface area contributed by atoms with Crippen molar-refractivity contribution >= 4 is 5.91 Å². The molecule has 30 heavy (non-hydrogen) atoms. The number of nitrogens with zero attached hydrogens (tertiary/aromatic N) is 1. The summed E-state index contributed by atoms with van der Waals surface area (Å²) in [6.45, 7) is 9.86. The van der Waals surface area contributed by atoms with Crippen LogP contribution >= 0.6 is 0 Å². The van der Waals surface area contributed by atoms with Gasteiger partial charge in [-0.15, -0.1) is 0 Å². The van der Waals surface area contributed by atoms with Crippen LogP contribution in [0, 0.1) is 13.8 Å². The molecular formula is C25H34N2O3. The minimum atomic E-state index is 0.0717. The number of carbonyl (C=O) groups excluding carboxylic acids is 1. The first-order valence-electron chi connectivity index (χ1n) is 11.0. The van der Waals surface area contributed by atoms with Crippen LogP contribution in [-0.2, 0) is 17.9 Å². The molecule has 0 bridgehead atoms. The lowest BCUT2D eigenvalue weighted by molar-refractivity contribution is -0.122. The molecule has 1 amide bonds. The van der Waals surface area contributed by atoms with Crippen molar-refractivity contribution in [3.05, 3.63) is 58.7 Å². The van der Waals surface area contributed by atoms with E-state index in [0.29, 0.717) is 39.4 Å². The van der Waals surface area contributed by atoms with E-state index >= 15 is 0 Å². The normalized spacial score (nSPS) is 16.3. The van der Waals surface area contributed by atoms with Crippen LogP contribution in [0.3, 0.4) is 0 Å². The molecule has 0 fully saturated rings. The fraction of sp³-hybridized carbons (Fsp3) is 0.480. The second-order valence-corrected chi connectivity index (χ2v) is 8.01. The van der Waals surface area contributed by atoms with E-state index < -0.39 is 0 Å². The van der Waals surface area contributed by atoms with Gasteiger partial charge in [-0.1, -0.05) is 35.9 Å². The summed E-state index contributed by atoms with van der Waals surface area (Å²) in [5.74, 6) is 1.66. The van der Waals surface area contributed by atoms with Gasteiger partial charge < -0.3 is 14.8 Å². The van der Waals surface area contributed by atoms with Crippen molar-refractivity contribution in [1.82, 2.24) is 10.2 Å². The Bertz CT molecular complexity index is 850. The van der Waals surface area contributed by atoms with E-state index in [-0.39, 0.29) is 5.91 Å². The molecule has 0 unspecified atom stereocenters. The molecule has 3 rings (SSSR count). The van der Waals surface area contributed by atoms with Gasteiger partial charge >= 0.3 is 0 Å². The third-order valence-electron chi connectivity index (χ3n) is 5.40. The monoisotopic (exact) mass is 410 g/mol. The Balaban J connectivity index is 1.90. The van der Waals surface area contributed by atoms with Gasteiger partial charge in [0.1, 0.15) is 0 Å². The third-order valence-corrected chi connectivity index (χ3v) is 5.40. The lowest BCUT2D eigenvalue weighted by Crippen LogP contribution is -2.37. The van der Waals surface area contributed by atoms with Crippen molar-refractivity contribution in [2.75, 3.05) is 26.3 Å². The fourth-order valence-electron chi connectivity index (χ4n) is 3.86. The van der Waals surface area contributed by atoms with Crippen molar-refractivity contribution in [3.8, 4) is 11.5 Å². The lowest BCUT2D eigenvalue weighted by Gasteiger charge is -2.25. The first-order chi connectivity index (χ1) is 14.6. The van der Waals surface area contributed by atoms with E-state index in [1.165, 1.54) is 16.7 Å². The smallest absolute Gasteiger partial charge is 0.234 e. The van der Waals surface area contributed by atoms with Gasteiger partial charge in [0.25, 0.3) is 0 Å². The number of aryl methyl sites for hydroxylation is 2. The second-order valence-electron chi connectivity index (χ2n) is 8.01. The van der Waals surface area contributed by atoms with Crippen molar-refractivity contribution in [1.29, 1.82) is 0 Å². The number of hydrogen-bond donors (Lipinski definition) is 1. The molecule has 0 saturated carbocycles. The molecule has 1 aliphatic heterocycles. The Morgan fingerprint density at radius 3 is 2.77 bits per heavy atom. The Labute approximate surface area is 180 Å². The number of para-hydroxylation sites is 1. The van der Waals surface area contributed by atoms with Gasteiger partial charge in [0.15, 0.2) is 11.5 Å². The zero-order valence-corrected chi connectivity index (χ0v) is 18.5. The van der Waals surface area contributed by atoms with Crippen molar-refractivity contribution in [3.63, 3.8) is 0 Å². The van der Waals surface area contributed by atoms with Gasteiger partial charge in [-0.2, -0.15) is 0 Å². The predicted octanol–water partition coefficient (Wildman–Crippen LogP) is 4.38. The highest BCUT2D eigenvalue weighted by molar-refractivity contribution is 5.78. The third kappa shape index (κ3) is 6.23. The molecular weight excluding hydrogens is 376 g/mol. The molecule has 5 nitrogen and oxygen atoms in total. The number of rotatable bonds is 4. The Morgan fingerprint density at radius 2 is 1.97 bits per heavy atom. The first kappa shape index (κ1) is 22.2. The Hall–Kier alpha value is -2.53. The summed E-state index contributed by atoms with van der Waals surface area (Å²) in [4.78, 5) is 14.8. The van der Waals surface area contributed by atoms with E-state index in [0.717, 1.165) is 36.3 Å². The zero-order valence-electron chi connectivity index (χ0n) is 18.5. The van der Waals surface area contributed by atoms with Crippen molar-refractivity contribution in [2.24, 2.45) is 0 Å². The van der Waals surface area contributed by atoms with Gasteiger partial charge in [0.2, 0.25) is 5.91 Å². The molecule has 1 aliphatic rings. The van der Waals surface area contributed by atoms with E-state index in [1.54, 1.807) is 0 Å². The molecule has 1 N–H and O–H groups in total.